The van der Waals surface area contributed by atoms with Gasteiger partial charge in [0, 0.05) is 23.3 Å². The Morgan fingerprint density at radius 1 is 0.593 bits per heavy atom. The van der Waals surface area contributed by atoms with Crippen molar-refractivity contribution in [1.29, 1.82) is 0 Å². The van der Waals surface area contributed by atoms with Gasteiger partial charge in [-0.15, -0.1) is 0 Å². The molecule has 4 aromatic rings. The maximum absolute atomic E-state index is 11.1. The molecule has 3 heterocycles. The van der Waals surface area contributed by atoms with Crippen LogP contribution in [-0.4, -0.2) is 74.1 Å². The Morgan fingerprint density at radius 2 is 1.00 bits per heavy atom. The molecule has 1 aliphatic rings. The van der Waals surface area contributed by atoms with Crippen LogP contribution in [0, 0.1) is 0 Å². The Hall–Kier alpha value is -5.40. The molecule has 1 saturated heterocycles. The lowest BCUT2D eigenvalue weighted by Crippen LogP contribution is -2.41. The fourth-order valence-corrected chi connectivity index (χ4v) is 5.16. The van der Waals surface area contributed by atoms with Gasteiger partial charge in [-0.2, -0.15) is 0 Å². The van der Waals surface area contributed by atoms with Crippen LogP contribution in [-0.2, 0) is 51.2 Å². The van der Waals surface area contributed by atoms with Crippen LogP contribution in [0.25, 0.3) is 22.5 Å². The molecule has 2 atom stereocenters. The van der Waals surface area contributed by atoms with E-state index in [0.717, 1.165) is 58.6 Å². The molecule has 12 heteroatoms. The van der Waals surface area contributed by atoms with Gasteiger partial charge in [0.1, 0.15) is 11.5 Å². The van der Waals surface area contributed by atoms with E-state index in [1.54, 1.807) is 12.4 Å². The second kappa shape index (κ2) is 22.0. The van der Waals surface area contributed by atoms with Crippen LogP contribution in [0.4, 0.5) is 0 Å². The molecule has 0 N–H and O–H groups in total. The van der Waals surface area contributed by atoms with Crippen molar-refractivity contribution in [2.75, 3.05) is 39.6 Å². The maximum atomic E-state index is 11.1. The Bertz CT molecular complexity index is 1620. The Balaban J connectivity index is 1.01. The largest absolute Gasteiger partial charge is 0.492 e. The van der Waals surface area contributed by atoms with Gasteiger partial charge < -0.3 is 37.9 Å². The quantitative estimate of drug-likeness (QED) is 0.0466. The van der Waals surface area contributed by atoms with E-state index in [2.05, 4.69) is 23.1 Å². The summed E-state index contributed by atoms with van der Waals surface area (Å²) >= 11 is 0. The minimum Gasteiger partial charge on any atom is -0.492 e. The predicted molar refractivity (Wildman–Crippen MR) is 200 cm³/mol. The van der Waals surface area contributed by atoms with Crippen LogP contribution in [0.5, 0.6) is 11.5 Å². The lowest BCUT2D eigenvalue weighted by atomic mass is 10.1. The summed E-state index contributed by atoms with van der Waals surface area (Å²) in [4.78, 5) is 31.2. The van der Waals surface area contributed by atoms with Gasteiger partial charge in [-0.25, -0.2) is 9.59 Å². The number of hydrogen-bond donors (Lipinski definition) is 0. The number of hydrogen-bond acceptors (Lipinski definition) is 12. The van der Waals surface area contributed by atoms with Crippen LogP contribution in [0.1, 0.15) is 36.8 Å². The highest BCUT2D eigenvalue weighted by Crippen LogP contribution is 2.24. The topological polar surface area (TPSA) is 134 Å². The number of nitrogens with zero attached hydrogens (tertiary/aromatic N) is 2. The summed E-state index contributed by atoms with van der Waals surface area (Å²) in [6, 6.07) is 23.6. The van der Waals surface area contributed by atoms with E-state index >= 15 is 0 Å². The molecule has 0 aliphatic carbocycles. The summed E-state index contributed by atoms with van der Waals surface area (Å²) in [6.07, 6.45) is 7.29. The molecule has 2 aromatic carbocycles. The Labute approximate surface area is 315 Å². The van der Waals surface area contributed by atoms with Gasteiger partial charge in [0.05, 0.1) is 76.6 Å². The van der Waals surface area contributed by atoms with Gasteiger partial charge in [0.15, 0.2) is 0 Å². The van der Waals surface area contributed by atoms with Gasteiger partial charge in [0.25, 0.3) is 0 Å². The molecule has 5 rings (SSSR count). The summed E-state index contributed by atoms with van der Waals surface area (Å²) in [5, 5.41) is 0. The number of esters is 2. The molecule has 54 heavy (non-hydrogen) atoms. The smallest absolute Gasteiger partial charge is 0.330 e. The summed E-state index contributed by atoms with van der Waals surface area (Å²) in [5.74, 6) is 0.523. The van der Waals surface area contributed by atoms with Crippen molar-refractivity contribution in [3.8, 4) is 34.0 Å². The number of carbonyl (C=O) groups excluding carboxylic acids is 2. The Morgan fingerprint density at radius 3 is 1.37 bits per heavy atom. The molecule has 0 unspecified atom stereocenters. The lowest BCUT2D eigenvalue weighted by Gasteiger charge is -2.31. The molecule has 2 aromatic heterocycles. The highest BCUT2D eigenvalue weighted by molar-refractivity contribution is 5.81. The first-order chi connectivity index (χ1) is 26.5. The molecule has 0 amide bonds. The van der Waals surface area contributed by atoms with Crippen LogP contribution >= 0.6 is 0 Å². The summed E-state index contributed by atoms with van der Waals surface area (Å²) < 4.78 is 45.3. The highest BCUT2D eigenvalue weighted by Gasteiger charge is 2.28. The van der Waals surface area contributed by atoms with Crippen LogP contribution in [0.2, 0.25) is 0 Å². The van der Waals surface area contributed by atoms with Crippen molar-refractivity contribution < 1.29 is 47.5 Å². The number of unbranched alkanes of at least 4 members (excludes halogenated alkanes) is 2. The average Bonchev–Trinajstić information content (AvgIpc) is 3.22. The van der Waals surface area contributed by atoms with E-state index in [4.69, 9.17) is 37.9 Å². The molecule has 1 aliphatic heterocycles. The zero-order valence-electron chi connectivity index (χ0n) is 30.3. The van der Waals surface area contributed by atoms with Gasteiger partial charge in [0.2, 0.25) is 12.6 Å². The number of pyridine rings is 2. The minimum absolute atomic E-state index is 0.319. The SMILES string of the molecule is C=CC(=O)OCCCCOc1ccc(-c2ccc(CO[C@H]3OCCO[C@@H]3OCc3ccc(-c4ccc(OCCCCOC(=O)C=C)cn4)cc3)cc2)nc1. The zero-order valence-corrected chi connectivity index (χ0v) is 30.3. The van der Waals surface area contributed by atoms with Crippen LogP contribution in [0.15, 0.2) is 111 Å². The normalized spacial score (nSPS) is 15.2. The van der Waals surface area contributed by atoms with Gasteiger partial charge in [-0.1, -0.05) is 61.7 Å². The standard InChI is InChI=1S/C42H46N2O10/c1-3-39(45)49-23-7-5-21-47-35-17-19-37(43-27-35)33-13-9-31(10-14-33)29-53-41-42(52-26-25-51-41)54-30-32-11-15-34(16-12-32)38-20-18-36(28-44-38)48-22-6-8-24-50-40(46)4-2/h3-4,9-20,27-28,41-42H,1-2,5-8,21-26,29-30H2/t41-,42-/m1/s1. The van der Waals surface area contributed by atoms with Crippen molar-refractivity contribution in [2.45, 2.75) is 51.5 Å². The molecule has 284 valence electrons. The summed E-state index contributed by atoms with van der Waals surface area (Å²) in [5.41, 5.74) is 5.52. The Kier molecular flexibility index (Phi) is 16.2. The van der Waals surface area contributed by atoms with Crippen molar-refractivity contribution in [1.82, 2.24) is 9.97 Å². The first kappa shape index (κ1) is 39.8. The second-order valence-corrected chi connectivity index (χ2v) is 12.1. The number of carbonyl (C=O) groups is 2. The third kappa shape index (κ3) is 13.2. The molecule has 0 spiro atoms. The fourth-order valence-electron chi connectivity index (χ4n) is 5.16. The summed E-state index contributed by atoms with van der Waals surface area (Å²) in [6.45, 7) is 9.92. The zero-order chi connectivity index (χ0) is 37.8. The summed E-state index contributed by atoms with van der Waals surface area (Å²) in [7, 11) is 0. The average molecular weight is 739 g/mol. The van der Waals surface area contributed by atoms with Crippen molar-refractivity contribution >= 4 is 11.9 Å². The van der Waals surface area contributed by atoms with Gasteiger partial charge in [-0.05, 0) is 61.1 Å². The van der Waals surface area contributed by atoms with Gasteiger partial charge in [-0.3, -0.25) is 9.97 Å². The number of benzene rings is 2. The molecule has 0 bridgehead atoms. The van der Waals surface area contributed by atoms with Crippen molar-refractivity contribution in [3.05, 3.63) is 122 Å². The number of aromatic nitrogens is 2. The second-order valence-electron chi connectivity index (χ2n) is 12.1. The third-order valence-electron chi connectivity index (χ3n) is 8.11. The van der Waals surface area contributed by atoms with E-state index in [9.17, 15) is 9.59 Å². The van der Waals surface area contributed by atoms with E-state index in [0.29, 0.717) is 77.2 Å². The number of ether oxygens (including phenoxy) is 8. The maximum Gasteiger partial charge on any atom is 0.330 e. The molecule has 12 nitrogen and oxygen atoms in total. The highest BCUT2D eigenvalue weighted by atomic mass is 16.8. The van der Waals surface area contributed by atoms with E-state index in [1.165, 1.54) is 0 Å². The molecular weight excluding hydrogens is 692 g/mol. The molecule has 1 fully saturated rings. The first-order valence-corrected chi connectivity index (χ1v) is 17.9. The fraction of sp³-hybridized carbons (Fsp3) is 0.333. The lowest BCUT2D eigenvalue weighted by molar-refractivity contribution is -0.326. The number of rotatable bonds is 22. The van der Waals surface area contributed by atoms with Crippen LogP contribution < -0.4 is 9.47 Å². The van der Waals surface area contributed by atoms with Gasteiger partial charge >= 0.3 is 11.9 Å². The molecular formula is C42H46N2O10. The first-order valence-electron chi connectivity index (χ1n) is 17.9. The van der Waals surface area contributed by atoms with Crippen molar-refractivity contribution in [3.63, 3.8) is 0 Å². The molecule has 0 radical (unpaired) electrons. The minimum atomic E-state index is -0.672. The third-order valence-corrected chi connectivity index (χ3v) is 8.11. The van der Waals surface area contributed by atoms with Crippen LogP contribution in [0.3, 0.4) is 0 Å². The predicted octanol–water partition coefficient (Wildman–Crippen LogP) is 7.02. The molecule has 0 saturated carbocycles. The van der Waals surface area contributed by atoms with E-state index in [-0.39, 0.29) is 0 Å². The van der Waals surface area contributed by atoms with Crippen molar-refractivity contribution in [2.24, 2.45) is 0 Å². The van der Waals surface area contributed by atoms with E-state index < -0.39 is 24.5 Å². The monoisotopic (exact) mass is 738 g/mol. The van der Waals surface area contributed by atoms with E-state index in [1.807, 2.05) is 72.8 Å².